The van der Waals surface area contributed by atoms with E-state index in [4.69, 9.17) is 16.3 Å². The van der Waals surface area contributed by atoms with Crippen LogP contribution in [0.3, 0.4) is 0 Å². The van der Waals surface area contributed by atoms with E-state index >= 15 is 0 Å². The number of halogens is 2. The van der Waals surface area contributed by atoms with Crippen LogP contribution >= 0.6 is 11.6 Å². The Hall–Kier alpha value is -1.72. The molecule has 0 amide bonds. The summed E-state index contributed by atoms with van der Waals surface area (Å²) in [5.41, 5.74) is 0.962. The number of rotatable bonds is 6. The number of hydrogen-bond donors (Lipinski definition) is 1. The minimum absolute atomic E-state index is 0.347. The van der Waals surface area contributed by atoms with Crippen molar-refractivity contribution in [2.45, 2.75) is 19.4 Å². The summed E-state index contributed by atoms with van der Waals surface area (Å²) in [5, 5.41) is 3.73. The molecular weight excluding hydrogens is 293 g/mol. The molecule has 0 aliphatic carbocycles. The van der Waals surface area contributed by atoms with E-state index in [1.807, 2.05) is 6.92 Å². The van der Waals surface area contributed by atoms with Crippen LogP contribution in [0.15, 0.2) is 30.6 Å². The third kappa shape index (κ3) is 3.68. The molecule has 0 saturated carbocycles. The van der Waals surface area contributed by atoms with Crippen LogP contribution in [0.5, 0.6) is 5.88 Å². The first-order chi connectivity index (χ1) is 10.2. The van der Waals surface area contributed by atoms with E-state index in [1.165, 1.54) is 25.4 Å². The van der Waals surface area contributed by atoms with E-state index in [-0.39, 0.29) is 5.82 Å². The topological polar surface area (TPSA) is 47.0 Å². The standard InChI is InChI=1S/C15H17ClFN3O/c1-3-6-18-13(11-9-10(16)4-5-12(11)17)14-15(21-2)20-8-7-19-14/h4-5,7-9,13,18H,3,6H2,1-2H3. The quantitative estimate of drug-likeness (QED) is 0.889. The first-order valence-corrected chi connectivity index (χ1v) is 7.08. The fourth-order valence-electron chi connectivity index (χ4n) is 2.07. The fourth-order valence-corrected chi connectivity index (χ4v) is 2.25. The van der Waals surface area contributed by atoms with Gasteiger partial charge in [0.15, 0.2) is 0 Å². The number of methoxy groups -OCH3 is 1. The van der Waals surface area contributed by atoms with Gasteiger partial charge >= 0.3 is 0 Å². The van der Waals surface area contributed by atoms with Gasteiger partial charge in [0.25, 0.3) is 0 Å². The predicted octanol–water partition coefficient (Wildman–Crippen LogP) is 3.37. The lowest BCUT2D eigenvalue weighted by Gasteiger charge is -2.20. The lowest BCUT2D eigenvalue weighted by Crippen LogP contribution is -2.25. The summed E-state index contributed by atoms with van der Waals surface area (Å²) in [6, 6.07) is 4.00. The Labute approximate surface area is 128 Å². The van der Waals surface area contributed by atoms with E-state index in [1.54, 1.807) is 12.3 Å². The highest BCUT2D eigenvalue weighted by Gasteiger charge is 2.23. The maximum absolute atomic E-state index is 14.2. The molecule has 1 aromatic carbocycles. The minimum Gasteiger partial charge on any atom is -0.480 e. The highest BCUT2D eigenvalue weighted by Crippen LogP contribution is 2.29. The molecule has 6 heteroatoms. The van der Waals surface area contributed by atoms with Crippen molar-refractivity contribution in [3.05, 3.63) is 52.7 Å². The average Bonchev–Trinajstić information content (AvgIpc) is 2.51. The van der Waals surface area contributed by atoms with E-state index in [9.17, 15) is 4.39 Å². The zero-order valence-corrected chi connectivity index (χ0v) is 12.7. The first kappa shape index (κ1) is 15.7. The zero-order chi connectivity index (χ0) is 15.2. The van der Waals surface area contributed by atoms with Gasteiger partial charge in [-0.2, -0.15) is 0 Å². The van der Waals surface area contributed by atoms with Crippen LogP contribution in [0.25, 0.3) is 0 Å². The van der Waals surface area contributed by atoms with Gasteiger partial charge in [-0.3, -0.25) is 4.98 Å². The Balaban J connectivity index is 2.49. The largest absolute Gasteiger partial charge is 0.480 e. The monoisotopic (exact) mass is 309 g/mol. The molecule has 4 nitrogen and oxygen atoms in total. The van der Waals surface area contributed by atoms with Crippen LogP contribution in [-0.2, 0) is 0 Å². The summed E-state index contributed by atoms with van der Waals surface area (Å²) in [4.78, 5) is 8.41. The number of nitrogens with zero attached hydrogens (tertiary/aromatic N) is 2. The van der Waals surface area contributed by atoms with Gasteiger partial charge in [-0.15, -0.1) is 0 Å². The molecule has 1 atom stereocenters. The van der Waals surface area contributed by atoms with E-state index < -0.39 is 6.04 Å². The van der Waals surface area contributed by atoms with Gasteiger partial charge in [-0.1, -0.05) is 18.5 Å². The third-order valence-electron chi connectivity index (χ3n) is 3.03. The number of ether oxygens (including phenoxy) is 1. The number of hydrogen-bond acceptors (Lipinski definition) is 4. The van der Waals surface area contributed by atoms with Crippen molar-refractivity contribution >= 4 is 11.6 Å². The second-order valence-corrected chi connectivity index (χ2v) is 4.94. The van der Waals surface area contributed by atoms with Gasteiger partial charge in [0, 0.05) is 23.0 Å². The number of aromatic nitrogens is 2. The average molecular weight is 310 g/mol. The Kier molecular flexibility index (Phi) is 5.47. The highest BCUT2D eigenvalue weighted by atomic mass is 35.5. The van der Waals surface area contributed by atoms with Crippen molar-refractivity contribution in [1.82, 2.24) is 15.3 Å². The molecule has 112 valence electrons. The van der Waals surface area contributed by atoms with Crippen molar-refractivity contribution in [2.24, 2.45) is 0 Å². The van der Waals surface area contributed by atoms with Crippen molar-refractivity contribution in [3.63, 3.8) is 0 Å². The second-order valence-electron chi connectivity index (χ2n) is 4.50. The van der Waals surface area contributed by atoms with Gasteiger partial charge in [0.1, 0.15) is 11.5 Å². The van der Waals surface area contributed by atoms with Crippen LogP contribution in [0, 0.1) is 5.82 Å². The molecule has 1 heterocycles. The van der Waals surface area contributed by atoms with E-state index in [2.05, 4.69) is 15.3 Å². The van der Waals surface area contributed by atoms with E-state index in [0.29, 0.717) is 28.7 Å². The summed E-state index contributed by atoms with van der Waals surface area (Å²) in [6.07, 6.45) is 4.00. The molecule has 0 bridgehead atoms. The summed E-state index contributed by atoms with van der Waals surface area (Å²) in [5.74, 6) is 0.0196. The minimum atomic E-state index is -0.465. The molecule has 0 aliphatic heterocycles. The molecule has 0 aliphatic rings. The fraction of sp³-hybridized carbons (Fsp3) is 0.333. The highest BCUT2D eigenvalue weighted by molar-refractivity contribution is 6.30. The molecule has 1 unspecified atom stereocenters. The van der Waals surface area contributed by atoms with Gasteiger partial charge < -0.3 is 10.1 Å². The molecule has 2 rings (SSSR count). The van der Waals surface area contributed by atoms with Gasteiger partial charge in [0.2, 0.25) is 5.88 Å². The van der Waals surface area contributed by atoms with Crippen LogP contribution in [0.1, 0.15) is 30.6 Å². The van der Waals surface area contributed by atoms with Gasteiger partial charge in [0.05, 0.1) is 13.2 Å². The molecule has 1 N–H and O–H groups in total. The molecule has 0 saturated heterocycles. The van der Waals surface area contributed by atoms with Crippen molar-refractivity contribution in [1.29, 1.82) is 0 Å². The van der Waals surface area contributed by atoms with Crippen LogP contribution < -0.4 is 10.1 Å². The third-order valence-corrected chi connectivity index (χ3v) is 3.26. The number of benzene rings is 1. The Bertz CT molecular complexity index is 609. The summed E-state index contributed by atoms with van der Waals surface area (Å²) in [6.45, 7) is 2.74. The Morgan fingerprint density at radius 3 is 2.81 bits per heavy atom. The molecule has 1 aromatic heterocycles. The predicted molar refractivity (Wildman–Crippen MR) is 80.1 cm³/mol. The lowest BCUT2D eigenvalue weighted by atomic mass is 10.0. The normalized spacial score (nSPS) is 12.2. The Morgan fingerprint density at radius 1 is 1.33 bits per heavy atom. The Morgan fingerprint density at radius 2 is 2.10 bits per heavy atom. The number of nitrogens with one attached hydrogen (secondary N) is 1. The maximum Gasteiger partial charge on any atom is 0.237 e. The van der Waals surface area contributed by atoms with Crippen LogP contribution in [-0.4, -0.2) is 23.6 Å². The molecule has 0 spiro atoms. The smallest absolute Gasteiger partial charge is 0.237 e. The zero-order valence-electron chi connectivity index (χ0n) is 11.9. The van der Waals surface area contributed by atoms with Gasteiger partial charge in [-0.05, 0) is 31.2 Å². The second kappa shape index (κ2) is 7.33. The summed E-state index contributed by atoms with van der Waals surface area (Å²) in [7, 11) is 1.51. The van der Waals surface area contributed by atoms with Crippen molar-refractivity contribution in [2.75, 3.05) is 13.7 Å². The van der Waals surface area contributed by atoms with Crippen LogP contribution in [0.4, 0.5) is 4.39 Å². The first-order valence-electron chi connectivity index (χ1n) is 6.70. The maximum atomic E-state index is 14.2. The summed E-state index contributed by atoms with van der Waals surface area (Å²) < 4.78 is 19.4. The molecule has 21 heavy (non-hydrogen) atoms. The summed E-state index contributed by atoms with van der Waals surface area (Å²) >= 11 is 5.99. The molecule has 2 aromatic rings. The lowest BCUT2D eigenvalue weighted by molar-refractivity contribution is 0.381. The van der Waals surface area contributed by atoms with E-state index in [0.717, 1.165) is 6.42 Å². The molecule has 0 radical (unpaired) electrons. The van der Waals surface area contributed by atoms with Crippen molar-refractivity contribution < 1.29 is 9.13 Å². The molecular formula is C15H17ClFN3O. The van der Waals surface area contributed by atoms with Crippen LogP contribution in [0.2, 0.25) is 5.02 Å². The van der Waals surface area contributed by atoms with Gasteiger partial charge in [-0.25, -0.2) is 9.37 Å². The molecule has 0 fully saturated rings. The SMILES string of the molecule is CCCNC(c1cc(Cl)ccc1F)c1nccnc1OC. The van der Waals surface area contributed by atoms with Crippen molar-refractivity contribution in [3.8, 4) is 5.88 Å².